The molecule has 1 aromatic heterocycles. The number of benzene rings is 1. The van der Waals surface area contributed by atoms with Crippen LogP contribution >= 0.6 is 11.6 Å². The summed E-state index contributed by atoms with van der Waals surface area (Å²) in [4.78, 5) is 7.01. The Labute approximate surface area is 119 Å². The van der Waals surface area contributed by atoms with Crippen molar-refractivity contribution in [2.45, 2.75) is 37.2 Å². The van der Waals surface area contributed by atoms with Gasteiger partial charge in [-0.1, -0.05) is 12.1 Å². The Morgan fingerprint density at radius 3 is 2.63 bits per heavy atom. The van der Waals surface area contributed by atoms with E-state index in [0.29, 0.717) is 5.88 Å². The summed E-state index contributed by atoms with van der Waals surface area (Å²) in [6.45, 7) is 0.989. The number of hydrogen-bond donors (Lipinski definition) is 0. The molecule has 0 spiro atoms. The van der Waals surface area contributed by atoms with E-state index < -0.39 is 0 Å². The van der Waals surface area contributed by atoms with Gasteiger partial charge in [-0.3, -0.25) is 0 Å². The summed E-state index contributed by atoms with van der Waals surface area (Å²) in [5.41, 5.74) is 2.53. The van der Waals surface area contributed by atoms with Crippen molar-refractivity contribution in [1.82, 2.24) is 14.5 Å². The predicted molar refractivity (Wildman–Crippen MR) is 79.6 cm³/mol. The molecule has 0 unspecified atom stereocenters. The van der Waals surface area contributed by atoms with E-state index in [1.807, 2.05) is 6.07 Å². The highest BCUT2D eigenvalue weighted by Crippen LogP contribution is 2.38. The molecule has 1 aliphatic carbocycles. The second-order valence-corrected chi connectivity index (χ2v) is 5.98. The molecule has 0 aliphatic heterocycles. The molecule has 102 valence electrons. The molecular weight excluding hydrogens is 258 g/mol. The first kappa shape index (κ1) is 12.9. The van der Waals surface area contributed by atoms with Crippen LogP contribution in [0, 0.1) is 0 Å². The molecule has 3 rings (SSSR count). The van der Waals surface area contributed by atoms with Gasteiger partial charge in [0.15, 0.2) is 0 Å². The van der Waals surface area contributed by atoms with Gasteiger partial charge in [-0.05, 0) is 45.5 Å². The van der Waals surface area contributed by atoms with Crippen LogP contribution in [0.2, 0.25) is 0 Å². The molecular formula is C15H20ClN3. The fourth-order valence-corrected chi connectivity index (χ4v) is 3.23. The molecule has 1 aromatic carbocycles. The van der Waals surface area contributed by atoms with Gasteiger partial charge in [-0.2, -0.15) is 0 Å². The largest absolute Gasteiger partial charge is 0.325 e. The van der Waals surface area contributed by atoms with Gasteiger partial charge in [0.25, 0.3) is 0 Å². The number of rotatable bonds is 4. The van der Waals surface area contributed by atoms with Crippen LogP contribution < -0.4 is 0 Å². The zero-order chi connectivity index (χ0) is 13.5. The highest BCUT2D eigenvalue weighted by atomic mass is 35.5. The fraction of sp³-hybridized carbons (Fsp3) is 0.533. The lowest BCUT2D eigenvalue weighted by Crippen LogP contribution is -2.53. The van der Waals surface area contributed by atoms with Crippen LogP contribution in [0.25, 0.3) is 11.0 Å². The Hall–Kier alpha value is -1.06. The lowest BCUT2D eigenvalue weighted by atomic mass is 9.75. The minimum atomic E-state index is 0.282. The summed E-state index contributed by atoms with van der Waals surface area (Å²) in [7, 11) is 4.36. The third kappa shape index (κ3) is 2.05. The van der Waals surface area contributed by atoms with Gasteiger partial charge < -0.3 is 9.47 Å². The maximum Gasteiger partial charge on any atom is 0.124 e. The van der Waals surface area contributed by atoms with Gasteiger partial charge in [0.05, 0.1) is 16.9 Å². The zero-order valence-electron chi connectivity index (χ0n) is 11.6. The van der Waals surface area contributed by atoms with Crippen molar-refractivity contribution in [3.8, 4) is 0 Å². The average molecular weight is 278 g/mol. The first-order valence-corrected chi connectivity index (χ1v) is 7.37. The van der Waals surface area contributed by atoms with Crippen molar-refractivity contribution in [2.24, 2.45) is 0 Å². The van der Waals surface area contributed by atoms with Crippen LogP contribution in [-0.2, 0) is 12.4 Å². The number of aromatic nitrogens is 2. The first-order chi connectivity index (χ1) is 9.16. The third-order valence-electron chi connectivity index (χ3n) is 4.54. The standard InChI is InChI=1S/C15H20ClN3/c1-18(2)15(8-5-9-15)11-19-13-7-4-3-6-12(13)17-14(19)10-16/h3-4,6-7H,5,8-11H2,1-2H3. The third-order valence-corrected chi connectivity index (χ3v) is 4.78. The molecule has 0 radical (unpaired) electrons. The molecule has 0 atom stereocenters. The van der Waals surface area contributed by atoms with Crippen LogP contribution in [0.5, 0.6) is 0 Å². The number of hydrogen-bond acceptors (Lipinski definition) is 2. The lowest BCUT2D eigenvalue weighted by molar-refractivity contribution is 0.0429. The molecule has 0 bridgehead atoms. The molecule has 2 aromatic rings. The average Bonchev–Trinajstić information content (AvgIpc) is 2.71. The number of fused-ring (bicyclic) bond motifs is 1. The summed E-state index contributed by atoms with van der Waals surface area (Å²) < 4.78 is 2.31. The molecule has 1 fully saturated rings. The smallest absolute Gasteiger partial charge is 0.124 e. The molecule has 1 heterocycles. The van der Waals surface area contributed by atoms with E-state index in [4.69, 9.17) is 11.6 Å². The molecule has 1 saturated carbocycles. The summed E-state index contributed by atoms with van der Waals surface area (Å²) in [6, 6.07) is 8.30. The highest BCUT2D eigenvalue weighted by molar-refractivity contribution is 6.16. The van der Waals surface area contributed by atoms with Crippen LogP contribution in [0.4, 0.5) is 0 Å². The Bertz CT molecular complexity index is 584. The molecule has 4 heteroatoms. The number of para-hydroxylation sites is 2. The Morgan fingerprint density at radius 1 is 1.32 bits per heavy atom. The SMILES string of the molecule is CN(C)C1(Cn2c(CCl)nc3ccccc32)CCC1. The molecule has 3 nitrogen and oxygen atoms in total. The summed E-state index contributed by atoms with van der Waals surface area (Å²) >= 11 is 6.08. The van der Waals surface area contributed by atoms with E-state index in [1.165, 1.54) is 24.8 Å². The van der Waals surface area contributed by atoms with Gasteiger partial charge in [0, 0.05) is 12.1 Å². The van der Waals surface area contributed by atoms with Crippen LogP contribution in [0.3, 0.4) is 0 Å². The van der Waals surface area contributed by atoms with Crippen LogP contribution in [0.15, 0.2) is 24.3 Å². The van der Waals surface area contributed by atoms with Crippen molar-refractivity contribution < 1.29 is 0 Å². The molecule has 0 amide bonds. The van der Waals surface area contributed by atoms with E-state index in [2.05, 4.69) is 46.7 Å². The van der Waals surface area contributed by atoms with E-state index in [0.717, 1.165) is 17.9 Å². The Kier molecular flexibility index (Phi) is 3.27. The van der Waals surface area contributed by atoms with E-state index in [9.17, 15) is 0 Å². The van der Waals surface area contributed by atoms with Crippen molar-refractivity contribution in [2.75, 3.05) is 14.1 Å². The highest BCUT2D eigenvalue weighted by Gasteiger charge is 2.40. The number of alkyl halides is 1. The topological polar surface area (TPSA) is 21.1 Å². The molecule has 0 saturated heterocycles. The molecule has 0 N–H and O–H groups in total. The Morgan fingerprint density at radius 2 is 2.05 bits per heavy atom. The first-order valence-electron chi connectivity index (χ1n) is 6.84. The van der Waals surface area contributed by atoms with Crippen LogP contribution in [-0.4, -0.2) is 34.1 Å². The van der Waals surface area contributed by atoms with Gasteiger partial charge in [0.1, 0.15) is 5.82 Å². The number of imidazole rings is 1. The van der Waals surface area contributed by atoms with Crippen molar-refractivity contribution in [3.05, 3.63) is 30.1 Å². The second kappa shape index (κ2) is 4.80. The van der Waals surface area contributed by atoms with Gasteiger partial charge in [-0.25, -0.2) is 4.98 Å². The van der Waals surface area contributed by atoms with Gasteiger partial charge >= 0.3 is 0 Å². The summed E-state index contributed by atoms with van der Waals surface area (Å²) in [6.07, 6.45) is 3.84. The number of nitrogens with zero attached hydrogens (tertiary/aromatic N) is 3. The predicted octanol–water partition coefficient (Wildman–Crippen LogP) is 3.26. The van der Waals surface area contributed by atoms with Gasteiger partial charge in [-0.15, -0.1) is 11.6 Å². The van der Waals surface area contributed by atoms with E-state index in [-0.39, 0.29) is 5.54 Å². The maximum absolute atomic E-state index is 6.08. The summed E-state index contributed by atoms with van der Waals surface area (Å²) in [5.74, 6) is 1.45. The number of halogens is 1. The Balaban J connectivity index is 2.04. The zero-order valence-corrected chi connectivity index (χ0v) is 12.3. The summed E-state index contributed by atoms with van der Waals surface area (Å²) in [5, 5.41) is 0. The number of likely N-dealkylation sites (N-methyl/N-ethyl adjacent to an activating group) is 1. The van der Waals surface area contributed by atoms with Crippen molar-refractivity contribution >= 4 is 22.6 Å². The second-order valence-electron chi connectivity index (χ2n) is 5.71. The van der Waals surface area contributed by atoms with E-state index >= 15 is 0 Å². The lowest BCUT2D eigenvalue weighted by Gasteiger charge is -2.47. The fourth-order valence-electron chi connectivity index (χ4n) is 3.03. The van der Waals surface area contributed by atoms with Crippen LogP contribution in [0.1, 0.15) is 25.1 Å². The molecule has 19 heavy (non-hydrogen) atoms. The molecule has 1 aliphatic rings. The van der Waals surface area contributed by atoms with E-state index in [1.54, 1.807) is 0 Å². The normalized spacial score (nSPS) is 17.9. The van der Waals surface area contributed by atoms with Crippen molar-refractivity contribution in [3.63, 3.8) is 0 Å². The minimum Gasteiger partial charge on any atom is -0.325 e. The minimum absolute atomic E-state index is 0.282. The monoisotopic (exact) mass is 277 g/mol. The quantitative estimate of drug-likeness (QED) is 0.800. The van der Waals surface area contributed by atoms with Crippen molar-refractivity contribution in [1.29, 1.82) is 0 Å². The maximum atomic E-state index is 6.08. The van der Waals surface area contributed by atoms with Gasteiger partial charge in [0.2, 0.25) is 0 Å².